The Morgan fingerprint density at radius 3 is 2.78 bits per heavy atom. The molecule has 0 fully saturated rings. The van der Waals surface area contributed by atoms with E-state index in [1.807, 2.05) is 11.3 Å². The van der Waals surface area contributed by atoms with Gasteiger partial charge < -0.3 is 5.73 Å². The summed E-state index contributed by atoms with van der Waals surface area (Å²) in [4.78, 5) is 1.42. The summed E-state index contributed by atoms with van der Waals surface area (Å²) >= 11 is 3.60. The summed E-state index contributed by atoms with van der Waals surface area (Å²) in [5.74, 6) is 0. The van der Waals surface area contributed by atoms with E-state index in [9.17, 15) is 0 Å². The number of benzene rings is 1. The molecule has 0 aliphatic carbocycles. The second kappa shape index (κ2) is 5.22. The zero-order chi connectivity index (χ0) is 12.4. The highest BCUT2D eigenvalue weighted by Crippen LogP contribution is 2.31. The van der Waals surface area contributed by atoms with Crippen LogP contribution in [0.1, 0.15) is 22.9 Å². The van der Waals surface area contributed by atoms with Gasteiger partial charge in [0.05, 0.1) is 0 Å². The average molecular weight is 273 g/mol. The van der Waals surface area contributed by atoms with Gasteiger partial charge in [0.1, 0.15) is 0 Å². The molecule has 18 heavy (non-hydrogen) atoms. The monoisotopic (exact) mass is 273 g/mol. The van der Waals surface area contributed by atoms with Gasteiger partial charge >= 0.3 is 0 Å². The van der Waals surface area contributed by atoms with Crippen LogP contribution in [0, 0.1) is 0 Å². The summed E-state index contributed by atoms with van der Waals surface area (Å²) in [5.41, 5.74) is 7.63. The lowest BCUT2D eigenvalue weighted by molar-refractivity contribution is 0.662. The lowest BCUT2D eigenvalue weighted by Crippen LogP contribution is -2.10. The number of nitrogens with two attached hydrogens (primary N) is 1. The summed E-state index contributed by atoms with van der Waals surface area (Å²) in [6.45, 7) is 0. The van der Waals surface area contributed by atoms with Crippen molar-refractivity contribution in [3.63, 3.8) is 0 Å². The number of hydrogen-bond acceptors (Lipinski definition) is 3. The fourth-order valence-electron chi connectivity index (χ4n) is 2.19. The topological polar surface area (TPSA) is 26.0 Å². The molecule has 1 nitrogen and oxygen atoms in total. The Kier molecular flexibility index (Phi) is 3.46. The maximum Gasteiger partial charge on any atom is 0.0346 e. The number of hydrogen-bond donors (Lipinski definition) is 1. The van der Waals surface area contributed by atoms with Gasteiger partial charge in [-0.05, 0) is 46.7 Å². The SMILES string of the molecule is NC(CCc1cccs1)c1csc2ccccc12. The van der Waals surface area contributed by atoms with Crippen molar-refractivity contribution < 1.29 is 0 Å². The van der Waals surface area contributed by atoms with Crippen LogP contribution < -0.4 is 5.73 Å². The van der Waals surface area contributed by atoms with Crippen LogP contribution in [0.15, 0.2) is 47.2 Å². The molecule has 1 aromatic carbocycles. The minimum Gasteiger partial charge on any atom is -0.324 e. The smallest absolute Gasteiger partial charge is 0.0346 e. The maximum atomic E-state index is 6.33. The van der Waals surface area contributed by atoms with Gasteiger partial charge in [0.15, 0.2) is 0 Å². The molecule has 0 spiro atoms. The van der Waals surface area contributed by atoms with Gasteiger partial charge in [0, 0.05) is 15.6 Å². The first kappa shape index (κ1) is 11.9. The van der Waals surface area contributed by atoms with Crippen LogP contribution in [0.3, 0.4) is 0 Å². The largest absolute Gasteiger partial charge is 0.324 e. The zero-order valence-electron chi connectivity index (χ0n) is 10.0. The second-order valence-electron chi connectivity index (χ2n) is 4.41. The molecular formula is C15H15NS2. The highest BCUT2D eigenvalue weighted by Gasteiger charge is 2.11. The first-order valence-electron chi connectivity index (χ1n) is 6.08. The molecule has 0 aliphatic heterocycles. The third-order valence-corrected chi connectivity index (χ3v) is 5.11. The molecule has 0 amide bonds. The molecule has 2 heterocycles. The Labute approximate surface area is 115 Å². The summed E-state index contributed by atoms with van der Waals surface area (Å²) in [5, 5.41) is 5.66. The Bertz CT molecular complexity index is 625. The van der Waals surface area contributed by atoms with Crippen LogP contribution in [-0.2, 0) is 6.42 Å². The molecule has 2 N–H and O–H groups in total. The number of thiophene rings is 2. The maximum absolute atomic E-state index is 6.33. The molecule has 0 bridgehead atoms. The first-order valence-corrected chi connectivity index (χ1v) is 7.84. The highest BCUT2D eigenvalue weighted by molar-refractivity contribution is 7.17. The van der Waals surface area contributed by atoms with E-state index in [2.05, 4.69) is 47.2 Å². The molecule has 92 valence electrons. The molecule has 3 aromatic rings. The van der Waals surface area contributed by atoms with Crippen molar-refractivity contribution in [3.05, 3.63) is 57.6 Å². The third-order valence-electron chi connectivity index (χ3n) is 3.19. The number of fused-ring (bicyclic) bond motifs is 1. The van der Waals surface area contributed by atoms with Gasteiger partial charge in [-0.15, -0.1) is 22.7 Å². The summed E-state index contributed by atoms with van der Waals surface area (Å²) < 4.78 is 1.33. The highest BCUT2D eigenvalue weighted by atomic mass is 32.1. The molecule has 3 rings (SSSR count). The normalized spacial score (nSPS) is 12.9. The Balaban J connectivity index is 1.77. The molecule has 0 saturated carbocycles. The predicted molar refractivity (Wildman–Crippen MR) is 81.4 cm³/mol. The Morgan fingerprint density at radius 2 is 1.94 bits per heavy atom. The van der Waals surface area contributed by atoms with E-state index in [0.717, 1.165) is 12.8 Å². The lowest BCUT2D eigenvalue weighted by atomic mass is 10.0. The van der Waals surface area contributed by atoms with Crippen LogP contribution in [0.4, 0.5) is 0 Å². The summed E-state index contributed by atoms with van der Waals surface area (Å²) in [6.07, 6.45) is 2.09. The Morgan fingerprint density at radius 1 is 1.06 bits per heavy atom. The zero-order valence-corrected chi connectivity index (χ0v) is 11.6. The van der Waals surface area contributed by atoms with Crippen molar-refractivity contribution in [2.75, 3.05) is 0 Å². The van der Waals surface area contributed by atoms with Crippen LogP contribution in [0.2, 0.25) is 0 Å². The third kappa shape index (κ3) is 2.34. The van der Waals surface area contributed by atoms with Gasteiger partial charge in [0.25, 0.3) is 0 Å². The molecule has 1 atom stereocenters. The quantitative estimate of drug-likeness (QED) is 0.739. The van der Waals surface area contributed by atoms with E-state index in [-0.39, 0.29) is 6.04 Å². The van der Waals surface area contributed by atoms with Crippen molar-refractivity contribution in [1.82, 2.24) is 0 Å². The molecule has 0 saturated heterocycles. The number of rotatable bonds is 4. The van der Waals surface area contributed by atoms with E-state index in [4.69, 9.17) is 5.73 Å². The van der Waals surface area contributed by atoms with Crippen LogP contribution >= 0.6 is 22.7 Å². The molecule has 3 heteroatoms. The predicted octanol–water partition coefficient (Wildman–Crippen LogP) is 4.60. The molecule has 0 aliphatic rings. The molecule has 2 aromatic heterocycles. The average Bonchev–Trinajstić information content (AvgIpc) is 3.05. The van der Waals surface area contributed by atoms with Gasteiger partial charge in [-0.1, -0.05) is 24.3 Å². The molecular weight excluding hydrogens is 258 g/mol. The van der Waals surface area contributed by atoms with Gasteiger partial charge in [-0.2, -0.15) is 0 Å². The number of aryl methyl sites for hydroxylation is 1. The minimum atomic E-state index is 0.142. The fourth-order valence-corrected chi connectivity index (χ4v) is 3.94. The summed E-state index contributed by atoms with van der Waals surface area (Å²) in [6, 6.07) is 12.9. The minimum absolute atomic E-state index is 0.142. The van der Waals surface area contributed by atoms with E-state index >= 15 is 0 Å². The van der Waals surface area contributed by atoms with Crippen molar-refractivity contribution in [2.45, 2.75) is 18.9 Å². The summed E-state index contributed by atoms with van der Waals surface area (Å²) in [7, 11) is 0. The van der Waals surface area contributed by atoms with E-state index in [1.165, 1.54) is 20.5 Å². The molecule has 0 radical (unpaired) electrons. The Hall–Kier alpha value is -1.16. The van der Waals surface area contributed by atoms with Gasteiger partial charge in [-0.25, -0.2) is 0 Å². The van der Waals surface area contributed by atoms with Crippen molar-refractivity contribution in [1.29, 1.82) is 0 Å². The van der Waals surface area contributed by atoms with Gasteiger partial charge in [-0.3, -0.25) is 0 Å². The second-order valence-corrected chi connectivity index (χ2v) is 6.36. The van der Waals surface area contributed by atoms with Crippen molar-refractivity contribution in [2.24, 2.45) is 5.73 Å². The van der Waals surface area contributed by atoms with Crippen LogP contribution in [0.5, 0.6) is 0 Å². The van der Waals surface area contributed by atoms with E-state index < -0.39 is 0 Å². The lowest BCUT2D eigenvalue weighted by Gasteiger charge is -2.10. The van der Waals surface area contributed by atoms with Crippen LogP contribution in [-0.4, -0.2) is 0 Å². The fraction of sp³-hybridized carbons (Fsp3) is 0.200. The standard InChI is InChI=1S/C15H15NS2/c16-14(8-7-11-4-3-9-17-11)13-10-18-15-6-2-1-5-12(13)15/h1-6,9-10,14H,7-8,16H2. The van der Waals surface area contributed by atoms with Crippen molar-refractivity contribution in [3.8, 4) is 0 Å². The van der Waals surface area contributed by atoms with Crippen LogP contribution in [0.25, 0.3) is 10.1 Å². The first-order chi connectivity index (χ1) is 8.84. The molecule has 1 unspecified atom stereocenters. The van der Waals surface area contributed by atoms with E-state index in [1.54, 1.807) is 11.3 Å². The van der Waals surface area contributed by atoms with Crippen molar-refractivity contribution >= 4 is 32.8 Å². The van der Waals surface area contributed by atoms with E-state index in [0.29, 0.717) is 0 Å². The van der Waals surface area contributed by atoms with Gasteiger partial charge in [0.2, 0.25) is 0 Å².